The standard InChI is InChI=1S/C26H25NO4/c1-31-24-16-8-5-13-20(24)23(28)18-26(30)21-14-6-7-15-22(21)27(25(26)29)17-9-12-19-10-3-2-4-11-19/h2-8,10-11,13-16,30H,9,12,17-18H2,1H3. The van der Waals surface area contributed by atoms with E-state index < -0.39 is 11.5 Å². The van der Waals surface area contributed by atoms with Crippen LogP contribution in [0.3, 0.4) is 0 Å². The molecule has 0 saturated carbocycles. The fourth-order valence-corrected chi connectivity index (χ4v) is 4.19. The van der Waals surface area contributed by atoms with Crippen molar-refractivity contribution in [3.8, 4) is 5.75 Å². The van der Waals surface area contributed by atoms with E-state index in [0.29, 0.717) is 29.1 Å². The molecule has 1 N–H and O–H groups in total. The van der Waals surface area contributed by atoms with E-state index in [0.717, 1.165) is 12.8 Å². The second kappa shape index (κ2) is 8.74. The molecule has 0 fully saturated rings. The molecule has 5 nitrogen and oxygen atoms in total. The van der Waals surface area contributed by atoms with Crippen molar-refractivity contribution in [2.45, 2.75) is 24.9 Å². The Bertz CT molecular complexity index is 1100. The summed E-state index contributed by atoms with van der Waals surface area (Å²) < 4.78 is 5.28. The molecule has 1 atom stereocenters. The molecule has 158 valence electrons. The maximum atomic E-state index is 13.3. The number of anilines is 1. The number of fused-ring (bicyclic) bond motifs is 1. The maximum Gasteiger partial charge on any atom is 0.264 e. The highest BCUT2D eigenvalue weighted by Gasteiger charge is 2.50. The average Bonchev–Trinajstić information content (AvgIpc) is 3.01. The molecule has 4 rings (SSSR count). The van der Waals surface area contributed by atoms with Crippen molar-refractivity contribution in [2.75, 3.05) is 18.6 Å². The third-order valence-electron chi connectivity index (χ3n) is 5.75. The third-order valence-corrected chi connectivity index (χ3v) is 5.75. The molecule has 3 aromatic rings. The summed E-state index contributed by atoms with van der Waals surface area (Å²) in [6.07, 6.45) is 1.24. The molecular weight excluding hydrogens is 390 g/mol. The van der Waals surface area contributed by atoms with Gasteiger partial charge in [-0.25, -0.2) is 0 Å². The van der Waals surface area contributed by atoms with Crippen LogP contribution < -0.4 is 9.64 Å². The number of carbonyl (C=O) groups excluding carboxylic acids is 2. The van der Waals surface area contributed by atoms with Crippen LogP contribution in [0.4, 0.5) is 5.69 Å². The molecule has 0 aliphatic carbocycles. The fourth-order valence-electron chi connectivity index (χ4n) is 4.19. The number of benzene rings is 3. The van der Waals surface area contributed by atoms with Crippen LogP contribution >= 0.6 is 0 Å². The third kappa shape index (κ3) is 3.97. The van der Waals surface area contributed by atoms with Crippen LogP contribution in [0.5, 0.6) is 5.75 Å². The minimum Gasteiger partial charge on any atom is -0.496 e. The number of Topliss-reactive ketones (excluding diaryl/α,β-unsaturated/α-hetero) is 1. The lowest BCUT2D eigenvalue weighted by Gasteiger charge is -2.23. The summed E-state index contributed by atoms with van der Waals surface area (Å²) in [6, 6.07) is 24.1. The number of hydrogen-bond donors (Lipinski definition) is 1. The van der Waals surface area contributed by atoms with Gasteiger partial charge in [0.15, 0.2) is 11.4 Å². The first kappa shape index (κ1) is 20.8. The number of ketones is 1. The Balaban J connectivity index is 1.56. The zero-order valence-electron chi connectivity index (χ0n) is 17.5. The molecule has 1 heterocycles. The first-order chi connectivity index (χ1) is 15.0. The molecular formula is C26H25NO4. The summed E-state index contributed by atoms with van der Waals surface area (Å²) in [5.41, 5.74) is 0.801. The molecule has 0 bridgehead atoms. The number of aliphatic hydroxyl groups is 1. The summed E-state index contributed by atoms with van der Waals surface area (Å²) in [5.74, 6) is -0.367. The van der Waals surface area contributed by atoms with Crippen LogP contribution in [0.15, 0.2) is 78.9 Å². The molecule has 3 aromatic carbocycles. The molecule has 1 aliphatic rings. The molecule has 0 aromatic heterocycles. The number of methoxy groups -OCH3 is 1. The van der Waals surface area contributed by atoms with E-state index in [9.17, 15) is 14.7 Å². The Kier molecular flexibility index (Phi) is 5.87. The van der Waals surface area contributed by atoms with E-state index in [2.05, 4.69) is 12.1 Å². The first-order valence-corrected chi connectivity index (χ1v) is 10.4. The summed E-state index contributed by atoms with van der Waals surface area (Å²) in [5, 5.41) is 11.4. The molecule has 1 aliphatic heterocycles. The summed E-state index contributed by atoms with van der Waals surface area (Å²) in [7, 11) is 1.49. The molecule has 1 amide bonds. The van der Waals surface area contributed by atoms with Gasteiger partial charge >= 0.3 is 0 Å². The van der Waals surface area contributed by atoms with Crippen LogP contribution in [0.1, 0.15) is 34.3 Å². The quantitative estimate of drug-likeness (QED) is 0.562. The summed E-state index contributed by atoms with van der Waals surface area (Å²) >= 11 is 0. The molecule has 31 heavy (non-hydrogen) atoms. The van der Waals surface area contributed by atoms with Crippen molar-refractivity contribution >= 4 is 17.4 Å². The van der Waals surface area contributed by atoms with Gasteiger partial charge in [-0.2, -0.15) is 0 Å². The highest BCUT2D eigenvalue weighted by atomic mass is 16.5. The second-order valence-electron chi connectivity index (χ2n) is 7.72. The zero-order chi connectivity index (χ0) is 21.8. The fraction of sp³-hybridized carbons (Fsp3) is 0.231. The van der Waals surface area contributed by atoms with Crippen LogP contribution in [0.25, 0.3) is 0 Å². The Morgan fingerprint density at radius 2 is 1.65 bits per heavy atom. The van der Waals surface area contributed by atoms with Crippen LogP contribution in [0, 0.1) is 0 Å². The molecule has 0 radical (unpaired) electrons. The number of hydrogen-bond acceptors (Lipinski definition) is 4. The van der Waals surface area contributed by atoms with Gasteiger partial charge in [-0.05, 0) is 36.6 Å². The Hall–Kier alpha value is -3.44. The predicted molar refractivity (Wildman–Crippen MR) is 119 cm³/mol. The summed E-state index contributed by atoms with van der Waals surface area (Å²) in [4.78, 5) is 28.0. The average molecular weight is 415 g/mol. The van der Waals surface area contributed by atoms with Crippen molar-refractivity contribution in [2.24, 2.45) is 0 Å². The van der Waals surface area contributed by atoms with Crippen molar-refractivity contribution < 1.29 is 19.4 Å². The summed E-state index contributed by atoms with van der Waals surface area (Å²) in [6.45, 7) is 0.468. The van der Waals surface area contributed by atoms with Crippen molar-refractivity contribution in [3.63, 3.8) is 0 Å². The minimum absolute atomic E-state index is 0.335. The number of para-hydroxylation sites is 2. The molecule has 5 heteroatoms. The van der Waals surface area contributed by atoms with Crippen molar-refractivity contribution in [1.29, 1.82) is 0 Å². The van der Waals surface area contributed by atoms with Crippen molar-refractivity contribution in [3.05, 3.63) is 95.6 Å². The SMILES string of the molecule is COc1ccccc1C(=O)CC1(O)C(=O)N(CCCc2ccccc2)c2ccccc21. The smallest absolute Gasteiger partial charge is 0.264 e. The van der Waals surface area contributed by atoms with Gasteiger partial charge in [0.25, 0.3) is 5.91 Å². The monoisotopic (exact) mass is 415 g/mol. The van der Waals surface area contributed by atoms with E-state index in [1.54, 1.807) is 41.3 Å². The zero-order valence-corrected chi connectivity index (χ0v) is 17.5. The lowest BCUT2D eigenvalue weighted by atomic mass is 9.88. The minimum atomic E-state index is -1.89. The van der Waals surface area contributed by atoms with Gasteiger partial charge in [0.05, 0.1) is 24.8 Å². The number of ether oxygens (including phenoxy) is 1. The first-order valence-electron chi connectivity index (χ1n) is 10.4. The Labute approximate surface area is 181 Å². The number of rotatable bonds is 8. The van der Waals surface area contributed by atoms with Gasteiger partial charge < -0.3 is 14.7 Å². The van der Waals surface area contributed by atoms with Gasteiger partial charge in [0.2, 0.25) is 0 Å². The lowest BCUT2D eigenvalue weighted by molar-refractivity contribution is -0.135. The van der Waals surface area contributed by atoms with Gasteiger partial charge in [0.1, 0.15) is 5.75 Å². The van der Waals surface area contributed by atoms with E-state index in [4.69, 9.17) is 4.74 Å². The van der Waals surface area contributed by atoms with Gasteiger partial charge in [-0.15, -0.1) is 0 Å². The van der Waals surface area contributed by atoms with Crippen LogP contribution in [-0.4, -0.2) is 30.5 Å². The lowest BCUT2D eigenvalue weighted by Crippen LogP contribution is -2.42. The number of carbonyl (C=O) groups is 2. The highest BCUT2D eigenvalue weighted by molar-refractivity contribution is 6.11. The van der Waals surface area contributed by atoms with Gasteiger partial charge in [-0.1, -0.05) is 60.7 Å². The van der Waals surface area contributed by atoms with E-state index in [1.807, 2.05) is 30.3 Å². The highest BCUT2D eigenvalue weighted by Crippen LogP contribution is 2.43. The Morgan fingerprint density at radius 3 is 2.42 bits per heavy atom. The van der Waals surface area contributed by atoms with Crippen LogP contribution in [0.2, 0.25) is 0 Å². The normalized spacial score (nSPS) is 17.5. The maximum absolute atomic E-state index is 13.3. The predicted octanol–water partition coefficient (Wildman–Crippen LogP) is 4.14. The Morgan fingerprint density at radius 1 is 0.968 bits per heavy atom. The van der Waals surface area contributed by atoms with Crippen LogP contribution in [-0.2, 0) is 16.8 Å². The molecule has 0 saturated heterocycles. The number of amides is 1. The van der Waals surface area contributed by atoms with E-state index in [1.165, 1.54) is 12.7 Å². The van der Waals surface area contributed by atoms with E-state index in [-0.39, 0.29) is 12.2 Å². The van der Waals surface area contributed by atoms with E-state index >= 15 is 0 Å². The van der Waals surface area contributed by atoms with Crippen molar-refractivity contribution in [1.82, 2.24) is 0 Å². The molecule has 1 unspecified atom stereocenters. The number of aryl methyl sites for hydroxylation is 1. The second-order valence-corrected chi connectivity index (χ2v) is 7.72. The molecule has 0 spiro atoms. The topological polar surface area (TPSA) is 66.8 Å². The van der Waals surface area contributed by atoms with Gasteiger partial charge in [-0.3, -0.25) is 9.59 Å². The van der Waals surface area contributed by atoms with Gasteiger partial charge in [0, 0.05) is 12.1 Å². The number of nitrogens with zero attached hydrogens (tertiary/aromatic N) is 1. The largest absolute Gasteiger partial charge is 0.496 e.